The lowest BCUT2D eigenvalue weighted by molar-refractivity contribution is -0.143. The topological polar surface area (TPSA) is 69.6 Å². The van der Waals surface area contributed by atoms with Gasteiger partial charge in [0.1, 0.15) is 11.8 Å². The molecule has 2 aliphatic heterocycles. The van der Waals surface area contributed by atoms with Gasteiger partial charge in [0.15, 0.2) is 0 Å². The average molecular weight is 246 g/mol. The number of hydrogen-bond donors (Lipinski definition) is 2. The predicted molar refractivity (Wildman–Crippen MR) is 63.9 cm³/mol. The summed E-state index contributed by atoms with van der Waals surface area (Å²) in [5.74, 6) is -0.0401. The van der Waals surface area contributed by atoms with Crippen molar-refractivity contribution in [2.45, 2.75) is 24.9 Å². The molecule has 2 N–H and O–H groups in total. The molecular weight excluding hydrogens is 232 g/mol. The minimum absolute atomic E-state index is 0.0665. The molecule has 5 nitrogen and oxygen atoms in total. The number of phenolic OH excluding ortho intramolecular Hbond substituents is 1. The van der Waals surface area contributed by atoms with Crippen molar-refractivity contribution in [2.75, 3.05) is 6.54 Å². The number of rotatable bonds is 2. The van der Waals surface area contributed by atoms with Crippen molar-refractivity contribution in [3.05, 3.63) is 29.8 Å². The second kappa shape index (κ2) is 4.01. The predicted octanol–water partition coefficient (Wildman–Crippen LogP) is 0.0340. The number of para-hydroxylation sites is 1. The Bertz CT molecular complexity index is 515. The summed E-state index contributed by atoms with van der Waals surface area (Å²) in [4.78, 5) is 25.1. The van der Waals surface area contributed by atoms with Crippen LogP contribution < -0.4 is 5.32 Å². The number of likely N-dealkylation sites (tertiary alicyclic amines) is 1. The number of phenols is 1. The number of amides is 2. The third kappa shape index (κ3) is 1.63. The van der Waals surface area contributed by atoms with Crippen molar-refractivity contribution in [1.29, 1.82) is 0 Å². The van der Waals surface area contributed by atoms with Crippen molar-refractivity contribution < 1.29 is 14.7 Å². The van der Waals surface area contributed by atoms with Gasteiger partial charge in [0.25, 0.3) is 0 Å². The Balaban J connectivity index is 1.72. The van der Waals surface area contributed by atoms with Crippen molar-refractivity contribution >= 4 is 11.8 Å². The summed E-state index contributed by atoms with van der Waals surface area (Å²) in [6.45, 7) is 0.612. The maximum Gasteiger partial charge on any atom is 0.245 e. The van der Waals surface area contributed by atoms with E-state index in [0.717, 1.165) is 6.42 Å². The second-order valence-corrected chi connectivity index (χ2v) is 4.74. The lowest BCUT2D eigenvalue weighted by Crippen LogP contribution is -2.65. The van der Waals surface area contributed by atoms with Crippen molar-refractivity contribution in [3.63, 3.8) is 0 Å². The fraction of sp³-hybridized carbons (Fsp3) is 0.385. The maximum atomic E-state index is 12.1. The van der Waals surface area contributed by atoms with Crippen molar-refractivity contribution in [2.24, 2.45) is 0 Å². The van der Waals surface area contributed by atoms with Crippen molar-refractivity contribution in [3.8, 4) is 5.75 Å². The van der Waals surface area contributed by atoms with E-state index in [1.165, 1.54) is 0 Å². The molecule has 2 atom stereocenters. The first-order chi connectivity index (χ1) is 8.66. The molecule has 2 heterocycles. The van der Waals surface area contributed by atoms with Gasteiger partial charge in [-0.3, -0.25) is 9.59 Å². The summed E-state index contributed by atoms with van der Waals surface area (Å²) in [6.07, 6.45) is 0.964. The van der Waals surface area contributed by atoms with Crippen LogP contribution in [0.3, 0.4) is 0 Å². The summed E-state index contributed by atoms with van der Waals surface area (Å²) in [5.41, 5.74) is 0.602. The van der Waals surface area contributed by atoms with Crippen LogP contribution in [-0.4, -0.2) is 40.4 Å². The molecule has 0 spiro atoms. The second-order valence-electron chi connectivity index (χ2n) is 4.74. The lowest BCUT2D eigenvalue weighted by Gasteiger charge is -2.35. The maximum absolute atomic E-state index is 12.1. The fourth-order valence-electron chi connectivity index (χ4n) is 2.64. The van der Waals surface area contributed by atoms with E-state index in [2.05, 4.69) is 5.32 Å². The van der Waals surface area contributed by atoms with Crippen LogP contribution in [0.4, 0.5) is 0 Å². The molecule has 0 aromatic heterocycles. The molecule has 2 fully saturated rings. The van der Waals surface area contributed by atoms with E-state index < -0.39 is 0 Å². The number of aromatic hydroxyl groups is 1. The molecule has 2 amide bonds. The van der Waals surface area contributed by atoms with Gasteiger partial charge in [0, 0.05) is 12.1 Å². The number of hydrogen-bond acceptors (Lipinski definition) is 3. The SMILES string of the molecule is O=C1N[C@@H]2CCN(C(=O)Cc3ccccc3O)[C@H]12. The van der Waals surface area contributed by atoms with Crippen LogP contribution in [0.2, 0.25) is 0 Å². The molecule has 94 valence electrons. The summed E-state index contributed by atoms with van der Waals surface area (Å²) >= 11 is 0. The lowest BCUT2D eigenvalue weighted by atomic mass is 10.00. The molecule has 2 aliphatic rings. The molecule has 1 aromatic rings. The largest absolute Gasteiger partial charge is 0.508 e. The highest BCUT2D eigenvalue weighted by Gasteiger charge is 2.49. The van der Waals surface area contributed by atoms with Gasteiger partial charge in [-0.2, -0.15) is 0 Å². The molecule has 0 bridgehead atoms. The first-order valence-corrected chi connectivity index (χ1v) is 6.03. The number of carbonyl (C=O) groups excluding carboxylic acids is 2. The third-order valence-corrected chi connectivity index (χ3v) is 3.65. The van der Waals surface area contributed by atoms with Gasteiger partial charge in [-0.25, -0.2) is 0 Å². The number of nitrogens with one attached hydrogen (secondary N) is 1. The highest BCUT2D eigenvalue weighted by atomic mass is 16.3. The first kappa shape index (κ1) is 11.1. The zero-order valence-corrected chi connectivity index (χ0v) is 9.80. The van der Waals surface area contributed by atoms with E-state index in [1.807, 2.05) is 0 Å². The summed E-state index contributed by atoms with van der Waals surface area (Å²) in [5, 5.41) is 12.4. The van der Waals surface area contributed by atoms with Crippen molar-refractivity contribution in [1.82, 2.24) is 10.2 Å². The Morgan fingerprint density at radius 1 is 1.44 bits per heavy atom. The van der Waals surface area contributed by atoms with E-state index in [4.69, 9.17) is 0 Å². The van der Waals surface area contributed by atoms with E-state index in [-0.39, 0.29) is 36.1 Å². The molecule has 0 aliphatic carbocycles. The number of fused-ring (bicyclic) bond motifs is 1. The van der Waals surface area contributed by atoms with Crippen LogP contribution in [-0.2, 0) is 16.0 Å². The Labute approximate surface area is 104 Å². The zero-order chi connectivity index (χ0) is 12.7. The fourth-order valence-corrected chi connectivity index (χ4v) is 2.64. The van der Waals surface area contributed by atoms with E-state index in [0.29, 0.717) is 12.1 Å². The van der Waals surface area contributed by atoms with Gasteiger partial charge in [0.2, 0.25) is 11.8 Å². The van der Waals surface area contributed by atoms with Crippen LogP contribution in [0, 0.1) is 0 Å². The molecular formula is C13H14N2O3. The van der Waals surface area contributed by atoms with E-state index >= 15 is 0 Å². The third-order valence-electron chi connectivity index (χ3n) is 3.65. The van der Waals surface area contributed by atoms with Crippen LogP contribution in [0.1, 0.15) is 12.0 Å². The quantitative estimate of drug-likeness (QED) is 0.724. The molecule has 5 heteroatoms. The first-order valence-electron chi connectivity index (χ1n) is 6.03. The molecule has 0 radical (unpaired) electrons. The van der Waals surface area contributed by atoms with Gasteiger partial charge in [0.05, 0.1) is 12.5 Å². The van der Waals surface area contributed by atoms with Crippen LogP contribution >= 0.6 is 0 Å². The summed E-state index contributed by atoms with van der Waals surface area (Å²) < 4.78 is 0. The van der Waals surface area contributed by atoms with Gasteiger partial charge in [-0.15, -0.1) is 0 Å². The monoisotopic (exact) mass is 246 g/mol. The summed E-state index contributed by atoms with van der Waals surface area (Å²) in [7, 11) is 0. The molecule has 0 saturated carbocycles. The summed E-state index contributed by atoms with van der Waals surface area (Å²) in [6, 6.07) is 6.63. The normalized spacial score (nSPS) is 25.3. The van der Waals surface area contributed by atoms with Crippen LogP contribution in [0.25, 0.3) is 0 Å². The van der Waals surface area contributed by atoms with Crippen LogP contribution in [0.5, 0.6) is 5.75 Å². The van der Waals surface area contributed by atoms with E-state index in [1.54, 1.807) is 29.2 Å². The Hall–Kier alpha value is -2.04. The van der Waals surface area contributed by atoms with Gasteiger partial charge in [-0.1, -0.05) is 18.2 Å². The highest BCUT2D eigenvalue weighted by Crippen LogP contribution is 2.26. The van der Waals surface area contributed by atoms with E-state index in [9.17, 15) is 14.7 Å². The standard InChI is InChI=1S/C13H14N2O3/c16-10-4-2-1-3-8(10)7-11(17)15-6-5-9-12(15)13(18)14-9/h1-4,9,12,16H,5-7H2,(H,14,18)/t9-,12+/m1/s1. The average Bonchev–Trinajstić information content (AvgIpc) is 2.69. The minimum Gasteiger partial charge on any atom is -0.508 e. The molecule has 3 rings (SSSR count). The van der Waals surface area contributed by atoms with Gasteiger partial charge < -0.3 is 15.3 Å². The van der Waals surface area contributed by atoms with Gasteiger partial charge >= 0.3 is 0 Å². The zero-order valence-electron chi connectivity index (χ0n) is 9.80. The minimum atomic E-state index is -0.289. The Morgan fingerprint density at radius 2 is 2.22 bits per heavy atom. The highest BCUT2D eigenvalue weighted by molar-refractivity contribution is 5.94. The number of nitrogens with zero attached hydrogens (tertiary/aromatic N) is 1. The number of carbonyl (C=O) groups is 2. The number of benzene rings is 1. The molecule has 1 aromatic carbocycles. The molecule has 0 unspecified atom stereocenters. The smallest absolute Gasteiger partial charge is 0.245 e. The number of β-lactam (4-membered cyclic amide) rings is 1. The van der Waals surface area contributed by atoms with Gasteiger partial charge in [-0.05, 0) is 12.5 Å². The Kier molecular flexibility index (Phi) is 2.47. The molecule has 2 saturated heterocycles. The van der Waals surface area contributed by atoms with Crippen LogP contribution in [0.15, 0.2) is 24.3 Å². The Morgan fingerprint density at radius 3 is 2.94 bits per heavy atom. The molecule has 18 heavy (non-hydrogen) atoms.